The molecule has 4 heteroatoms. The first-order valence-electron chi connectivity index (χ1n) is 6.76. The van der Waals surface area contributed by atoms with E-state index in [1.807, 2.05) is 25.1 Å². The monoisotopic (exact) mass is 281 g/mol. The third-order valence-electron chi connectivity index (χ3n) is 4.00. The average Bonchev–Trinajstić information content (AvgIpc) is 2.80. The van der Waals surface area contributed by atoms with Crippen LogP contribution in [-0.4, -0.2) is 17.6 Å². The van der Waals surface area contributed by atoms with Crippen LogP contribution >= 0.6 is 11.6 Å². The number of benzene rings is 1. The lowest BCUT2D eigenvalue weighted by Gasteiger charge is -2.17. The highest BCUT2D eigenvalue weighted by Crippen LogP contribution is 2.31. The van der Waals surface area contributed by atoms with Gasteiger partial charge in [-0.25, -0.2) is 0 Å². The maximum absolute atomic E-state index is 11.1. The first-order valence-corrected chi connectivity index (χ1v) is 7.14. The summed E-state index contributed by atoms with van der Waals surface area (Å²) < 4.78 is 0. The van der Waals surface area contributed by atoms with Gasteiger partial charge in [-0.05, 0) is 55.5 Å². The van der Waals surface area contributed by atoms with Crippen molar-refractivity contribution in [3.63, 3.8) is 0 Å². The van der Waals surface area contributed by atoms with Crippen LogP contribution in [0.3, 0.4) is 0 Å². The largest absolute Gasteiger partial charge is 0.481 e. The van der Waals surface area contributed by atoms with Gasteiger partial charge in [-0.1, -0.05) is 24.1 Å². The number of rotatable bonds is 5. The smallest absolute Gasteiger partial charge is 0.306 e. The maximum Gasteiger partial charge on any atom is 0.306 e. The van der Waals surface area contributed by atoms with Crippen LogP contribution in [0.2, 0.25) is 5.02 Å². The molecular weight excluding hydrogens is 262 g/mol. The molecule has 104 valence electrons. The zero-order chi connectivity index (χ0) is 13.8. The van der Waals surface area contributed by atoms with Crippen LogP contribution in [0.5, 0.6) is 0 Å². The predicted molar refractivity (Wildman–Crippen MR) is 76.4 cm³/mol. The Balaban J connectivity index is 1.84. The summed E-state index contributed by atoms with van der Waals surface area (Å²) in [5, 5.41) is 13.3. The van der Waals surface area contributed by atoms with Crippen LogP contribution < -0.4 is 5.32 Å². The molecule has 0 aliphatic heterocycles. The van der Waals surface area contributed by atoms with Crippen LogP contribution in [0, 0.1) is 18.8 Å². The molecule has 1 aromatic rings. The Kier molecular flexibility index (Phi) is 4.83. The molecule has 2 rings (SSSR count). The zero-order valence-corrected chi connectivity index (χ0v) is 11.9. The molecule has 1 saturated carbocycles. The Morgan fingerprint density at radius 1 is 1.47 bits per heavy atom. The van der Waals surface area contributed by atoms with E-state index in [4.69, 9.17) is 16.7 Å². The second-order valence-corrected chi connectivity index (χ2v) is 5.77. The van der Waals surface area contributed by atoms with Crippen molar-refractivity contribution in [3.05, 3.63) is 34.3 Å². The van der Waals surface area contributed by atoms with Crippen LogP contribution in [0.15, 0.2) is 18.2 Å². The number of hydrogen-bond donors (Lipinski definition) is 2. The Morgan fingerprint density at radius 2 is 2.26 bits per heavy atom. The second-order valence-electron chi connectivity index (χ2n) is 5.34. The van der Waals surface area contributed by atoms with E-state index in [0.717, 1.165) is 37.4 Å². The molecule has 1 aliphatic rings. The Morgan fingerprint density at radius 3 is 2.95 bits per heavy atom. The summed E-state index contributed by atoms with van der Waals surface area (Å²) in [6.07, 6.45) is 2.87. The maximum atomic E-state index is 11.1. The Hall–Kier alpha value is -1.06. The first kappa shape index (κ1) is 14.4. The van der Waals surface area contributed by atoms with Crippen LogP contribution in [0.1, 0.15) is 30.4 Å². The van der Waals surface area contributed by atoms with E-state index >= 15 is 0 Å². The zero-order valence-electron chi connectivity index (χ0n) is 11.2. The molecule has 0 aromatic heterocycles. The summed E-state index contributed by atoms with van der Waals surface area (Å²) in [4.78, 5) is 11.1. The summed E-state index contributed by atoms with van der Waals surface area (Å²) in [6, 6.07) is 5.86. The lowest BCUT2D eigenvalue weighted by molar-refractivity contribution is -0.142. The molecule has 0 spiro atoms. The third-order valence-corrected chi connectivity index (χ3v) is 4.24. The molecule has 0 heterocycles. The normalized spacial score (nSPS) is 22.6. The van der Waals surface area contributed by atoms with Gasteiger partial charge < -0.3 is 10.4 Å². The van der Waals surface area contributed by atoms with Crippen molar-refractivity contribution < 1.29 is 9.90 Å². The van der Waals surface area contributed by atoms with E-state index in [1.54, 1.807) is 0 Å². The van der Waals surface area contributed by atoms with Crippen molar-refractivity contribution >= 4 is 17.6 Å². The number of halogens is 1. The third kappa shape index (κ3) is 3.71. The predicted octanol–water partition coefficient (Wildman–Crippen LogP) is 3.24. The number of aliphatic carboxylic acids is 1. The minimum Gasteiger partial charge on any atom is -0.481 e. The van der Waals surface area contributed by atoms with E-state index < -0.39 is 5.97 Å². The summed E-state index contributed by atoms with van der Waals surface area (Å²) >= 11 is 5.92. The molecule has 1 aromatic carbocycles. The molecule has 0 amide bonds. The van der Waals surface area contributed by atoms with Crippen LogP contribution in [0.4, 0.5) is 0 Å². The van der Waals surface area contributed by atoms with Gasteiger partial charge in [0.05, 0.1) is 5.92 Å². The number of nitrogens with one attached hydrogen (secondary N) is 1. The molecule has 19 heavy (non-hydrogen) atoms. The molecule has 0 bridgehead atoms. The minimum absolute atomic E-state index is 0.168. The Bertz CT molecular complexity index is 461. The van der Waals surface area contributed by atoms with E-state index in [9.17, 15) is 4.79 Å². The number of carbonyl (C=O) groups is 1. The molecule has 2 atom stereocenters. The first-order chi connectivity index (χ1) is 9.08. The van der Waals surface area contributed by atoms with E-state index in [0.29, 0.717) is 0 Å². The van der Waals surface area contributed by atoms with Crippen molar-refractivity contribution in [2.45, 2.75) is 32.7 Å². The minimum atomic E-state index is -0.646. The van der Waals surface area contributed by atoms with Crippen molar-refractivity contribution in [1.29, 1.82) is 0 Å². The molecule has 2 N–H and O–H groups in total. The fraction of sp³-hybridized carbons (Fsp3) is 0.533. The molecule has 0 radical (unpaired) electrons. The summed E-state index contributed by atoms with van der Waals surface area (Å²) in [6.45, 7) is 3.59. The van der Waals surface area contributed by atoms with Gasteiger partial charge in [-0.2, -0.15) is 0 Å². The highest BCUT2D eigenvalue weighted by Gasteiger charge is 2.32. The van der Waals surface area contributed by atoms with Gasteiger partial charge in [0.1, 0.15) is 0 Å². The van der Waals surface area contributed by atoms with E-state index in [1.165, 1.54) is 11.1 Å². The fourth-order valence-corrected chi connectivity index (χ4v) is 3.08. The van der Waals surface area contributed by atoms with Gasteiger partial charge >= 0.3 is 5.97 Å². The van der Waals surface area contributed by atoms with Gasteiger partial charge in [0.2, 0.25) is 0 Å². The molecule has 1 aliphatic carbocycles. The average molecular weight is 282 g/mol. The van der Waals surface area contributed by atoms with Gasteiger partial charge in [0, 0.05) is 11.6 Å². The summed E-state index contributed by atoms with van der Waals surface area (Å²) in [5.74, 6) is -0.545. The van der Waals surface area contributed by atoms with Gasteiger partial charge in [0.25, 0.3) is 0 Å². The Labute approximate surface area is 119 Å². The number of aryl methyl sites for hydroxylation is 1. The van der Waals surface area contributed by atoms with Gasteiger partial charge in [-0.3, -0.25) is 4.79 Å². The topological polar surface area (TPSA) is 49.3 Å². The number of hydrogen-bond acceptors (Lipinski definition) is 2. The van der Waals surface area contributed by atoms with Crippen molar-refractivity contribution in [2.24, 2.45) is 11.8 Å². The quantitative estimate of drug-likeness (QED) is 0.871. The molecule has 0 saturated heterocycles. The van der Waals surface area contributed by atoms with Crippen LogP contribution in [-0.2, 0) is 11.3 Å². The molecule has 1 fully saturated rings. The van der Waals surface area contributed by atoms with E-state index in [2.05, 4.69) is 5.32 Å². The summed E-state index contributed by atoms with van der Waals surface area (Å²) in [7, 11) is 0. The highest BCUT2D eigenvalue weighted by molar-refractivity contribution is 6.30. The van der Waals surface area contributed by atoms with Crippen LogP contribution in [0.25, 0.3) is 0 Å². The molecule has 2 unspecified atom stereocenters. The molecular formula is C15H20ClNO2. The standard InChI is InChI=1S/C15H20ClNO2/c1-10-7-13(16)6-5-11(10)8-17-9-12-3-2-4-14(12)15(18)19/h5-7,12,14,17H,2-4,8-9H2,1H3,(H,18,19). The lowest BCUT2D eigenvalue weighted by Crippen LogP contribution is -2.28. The van der Waals surface area contributed by atoms with Gasteiger partial charge in [-0.15, -0.1) is 0 Å². The van der Waals surface area contributed by atoms with Crippen molar-refractivity contribution in [1.82, 2.24) is 5.32 Å². The number of carboxylic acids is 1. The fourth-order valence-electron chi connectivity index (χ4n) is 2.86. The van der Waals surface area contributed by atoms with Gasteiger partial charge in [0.15, 0.2) is 0 Å². The van der Waals surface area contributed by atoms with E-state index in [-0.39, 0.29) is 11.8 Å². The summed E-state index contributed by atoms with van der Waals surface area (Å²) in [5.41, 5.74) is 2.38. The second kappa shape index (κ2) is 6.40. The molecule has 3 nitrogen and oxygen atoms in total. The SMILES string of the molecule is Cc1cc(Cl)ccc1CNCC1CCCC1C(=O)O. The van der Waals surface area contributed by atoms with Crippen molar-refractivity contribution in [2.75, 3.05) is 6.54 Å². The lowest BCUT2D eigenvalue weighted by atomic mass is 9.96. The highest BCUT2D eigenvalue weighted by atomic mass is 35.5. The number of carboxylic acid groups (broad SMARTS) is 1. The van der Waals surface area contributed by atoms with Crippen molar-refractivity contribution in [3.8, 4) is 0 Å².